The summed E-state index contributed by atoms with van der Waals surface area (Å²) in [5, 5.41) is 58.0. The second kappa shape index (κ2) is 39.6. The molecule has 0 aliphatic carbocycles. The van der Waals surface area contributed by atoms with Gasteiger partial charge in [0.15, 0.2) is 52.2 Å². The van der Waals surface area contributed by atoms with Crippen LogP contribution in [-0.4, -0.2) is 170 Å². The van der Waals surface area contributed by atoms with Crippen LogP contribution in [0.5, 0.6) is 17.2 Å². The first kappa shape index (κ1) is 99.0. The number of carbonyl (C=O) groups excluding carboxylic acids is 3. The maximum Gasteiger partial charge on any atom is 0.276 e. The zero-order valence-electron chi connectivity index (χ0n) is 72.8. The summed E-state index contributed by atoms with van der Waals surface area (Å²) in [6.07, 6.45) is 8.33. The van der Waals surface area contributed by atoms with Crippen molar-refractivity contribution >= 4 is 149 Å². The van der Waals surface area contributed by atoms with Crippen molar-refractivity contribution in [2.75, 3.05) is 93.2 Å². The Morgan fingerprint density at radius 3 is 0.889 bits per heavy atom. The lowest BCUT2D eigenvalue weighted by molar-refractivity contribution is -0.127. The summed E-state index contributed by atoms with van der Waals surface area (Å²) >= 11 is 43.9. The van der Waals surface area contributed by atoms with Gasteiger partial charge in [0.2, 0.25) is 29.4 Å². The number of aromatic nitrogens is 9. The number of rotatable bonds is 15. The van der Waals surface area contributed by atoms with Gasteiger partial charge in [-0.15, -0.1) is 0 Å². The molecular formula is C93H75Cl7F8N18O9. The minimum absolute atomic E-state index is 0.0830. The minimum atomic E-state index is -2.00. The second-order valence-electron chi connectivity index (χ2n) is 32.0. The number of benzene rings is 3. The van der Waals surface area contributed by atoms with Crippen LogP contribution in [0.25, 0.3) is 83.9 Å². The first-order chi connectivity index (χ1) is 64.0. The summed E-state index contributed by atoms with van der Waals surface area (Å²) in [6, 6.07) is 15.1. The van der Waals surface area contributed by atoms with Crippen LogP contribution in [0.1, 0.15) is 110 Å². The molecule has 135 heavy (non-hydrogen) atoms. The van der Waals surface area contributed by atoms with Gasteiger partial charge in [0.05, 0.1) is 115 Å². The molecule has 3 aliphatic rings. The summed E-state index contributed by atoms with van der Waals surface area (Å²) in [4.78, 5) is 117. The molecule has 12 aromatic rings. The molecule has 3 N–H and O–H groups in total. The van der Waals surface area contributed by atoms with E-state index in [9.17, 15) is 77.4 Å². The van der Waals surface area contributed by atoms with E-state index < -0.39 is 134 Å². The molecule has 0 bridgehead atoms. The first-order valence-electron chi connectivity index (χ1n) is 41.1. The molecule has 27 nitrogen and oxygen atoms in total. The number of hydrogen-bond donors (Lipinski definition) is 3. The Bertz CT molecular complexity index is 6650. The fourth-order valence-electron chi connectivity index (χ4n) is 16.4. The van der Waals surface area contributed by atoms with Gasteiger partial charge in [-0.3, -0.25) is 57.4 Å². The summed E-state index contributed by atoms with van der Waals surface area (Å²) in [7, 11) is 0. The smallest absolute Gasteiger partial charge is 0.276 e. The monoisotopic (exact) mass is 1980 g/mol. The van der Waals surface area contributed by atoms with Gasteiger partial charge in [0, 0.05) is 113 Å². The number of carbonyl (C=O) groups is 3. The molecule has 0 saturated carbocycles. The number of fused-ring (bicyclic) bond motifs is 3. The van der Waals surface area contributed by atoms with Crippen LogP contribution < -0.4 is 31.4 Å². The minimum Gasteiger partial charge on any atom is -0.504 e. The summed E-state index contributed by atoms with van der Waals surface area (Å²) in [6.45, 7) is 30.0. The van der Waals surface area contributed by atoms with Crippen molar-refractivity contribution in [3.63, 3.8) is 0 Å². The molecule has 3 aromatic carbocycles. The average Bonchev–Trinajstić information content (AvgIpc) is 0.728. The number of pyridine rings is 9. The van der Waals surface area contributed by atoms with Crippen LogP contribution in [0, 0.1) is 101 Å². The van der Waals surface area contributed by atoms with Crippen molar-refractivity contribution < 1.29 is 64.8 Å². The highest BCUT2D eigenvalue weighted by Gasteiger charge is 2.39. The predicted molar refractivity (Wildman–Crippen MR) is 499 cm³/mol. The van der Waals surface area contributed by atoms with Crippen molar-refractivity contribution in [1.82, 2.24) is 58.3 Å². The van der Waals surface area contributed by atoms with Gasteiger partial charge in [-0.1, -0.05) is 142 Å². The molecule has 3 fully saturated rings. The molecule has 9 aromatic heterocycles. The highest BCUT2D eigenvalue weighted by atomic mass is 35.5. The van der Waals surface area contributed by atoms with E-state index in [1.165, 1.54) is 41.0 Å². The first-order valence-corrected chi connectivity index (χ1v) is 43.8. The van der Waals surface area contributed by atoms with Crippen LogP contribution in [0.2, 0.25) is 35.2 Å². The summed E-state index contributed by atoms with van der Waals surface area (Å²) in [5.41, 5.74) is -2.48. The molecular weight excluding hydrogens is 1910 g/mol. The zero-order chi connectivity index (χ0) is 98.7. The number of phenols is 3. The SMILES string of the molecule is C=CC(=O)N1CCN(c2c(C#N)c(=O)n(-c3c(C)ccnc3C(C)C)c3nc(-c4c(F)c(F)c(F)c(O)c4Cl)c(Cl)cc23)CC1.C=CC(=O)N1CCN(c2c(C#N)c(=O)n(-c3c(C)ccnc3C(C)C)c3nc(-c4c(F)c(F)c(F)c(O)c4Cl)c(Cl)cc23)CC1.C=CC(=O)N1CCN(c2c(C#N)c(=O)n(-c3c(C)ccnc3C(C)C)c3nc(-c4c(F)c(O)c(Cl)c(Cl)c4F)c(Cl)cc23)CC1. The van der Waals surface area contributed by atoms with E-state index in [4.69, 9.17) is 81.2 Å². The third-order valence-corrected chi connectivity index (χ3v) is 25.4. The van der Waals surface area contributed by atoms with Gasteiger partial charge in [-0.25, -0.2) is 41.3 Å². The lowest BCUT2D eigenvalue weighted by Crippen LogP contribution is -2.49. The van der Waals surface area contributed by atoms with E-state index in [-0.39, 0.29) is 196 Å². The van der Waals surface area contributed by atoms with Gasteiger partial charge in [0.25, 0.3) is 16.7 Å². The number of hydrogen-bond acceptors (Lipinski definition) is 21. The second-order valence-corrected chi connectivity index (χ2v) is 34.8. The van der Waals surface area contributed by atoms with Crippen molar-refractivity contribution in [1.29, 1.82) is 15.8 Å². The van der Waals surface area contributed by atoms with Crippen LogP contribution >= 0.6 is 81.2 Å². The molecule has 3 saturated heterocycles. The largest absolute Gasteiger partial charge is 0.504 e. The number of aromatic hydroxyl groups is 3. The molecule has 3 amide bonds. The van der Waals surface area contributed by atoms with E-state index in [1.54, 1.807) is 87.0 Å². The van der Waals surface area contributed by atoms with Gasteiger partial charge < -0.3 is 44.7 Å². The van der Waals surface area contributed by atoms with E-state index in [2.05, 4.69) is 49.6 Å². The Hall–Kier alpha value is -13.4. The van der Waals surface area contributed by atoms with E-state index in [0.717, 1.165) is 9.13 Å². The number of halogens is 15. The molecule has 696 valence electrons. The zero-order valence-corrected chi connectivity index (χ0v) is 78.1. The van der Waals surface area contributed by atoms with Crippen LogP contribution in [0.3, 0.4) is 0 Å². The molecule has 12 heterocycles. The number of nitriles is 3. The van der Waals surface area contributed by atoms with E-state index in [0.29, 0.717) is 50.8 Å². The van der Waals surface area contributed by atoms with Crippen LogP contribution in [0.15, 0.2) is 107 Å². The molecule has 3 aliphatic heterocycles. The topological polar surface area (TPSA) is 346 Å². The van der Waals surface area contributed by atoms with Crippen LogP contribution in [-0.2, 0) is 14.4 Å². The highest BCUT2D eigenvalue weighted by molar-refractivity contribution is 6.43. The number of aryl methyl sites for hydroxylation is 3. The third kappa shape index (κ3) is 17.6. The Balaban J connectivity index is 0.000000171. The van der Waals surface area contributed by atoms with Gasteiger partial charge in [-0.05, 0) is 110 Å². The summed E-state index contributed by atoms with van der Waals surface area (Å²) in [5.74, 6) is -19.3. The normalized spacial score (nSPS) is 13.4. The van der Waals surface area contributed by atoms with E-state index in [1.807, 2.05) is 59.8 Å². The van der Waals surface area contributed by atoms with Gasteiger partial charge >= 0.3 is 0 Å². The molecule has 0 atom stereocenters. The Morgan fingerprint density at radius 1 is 0.378 bits per heavy atom. The van der Waals surface area contributed by atoms with E-state index >= 15 is 17.6 Å². The molecule has 0 unspecified atom stereocenters. The Morgan fingerprint density at radius 2 is 0.637 bits per heavy atom. The van der Waals surface area contributed by atoms with Gasteiger partial charge in [-0.2, -0.15) is 24.6 Å². The van der Waals surface area contributed by atoms with Crippen molar-refractivity contribution in [3.05, 3.63) is 256 Å². The quantitative estimate of drug-likeness (QED) is 0.0371. The summed E-state index contributed by atoms with van der Waals surface area (Å²) < 4.78 is 122. The fraction of sp³-hybridized carbons (Fsp3) is 0.258. The molecule has 15 rings (SSSR count). The average molecular weight is 1990 g/mol. The number of amides is 3. The predicted octanol–water partition coefficient (Wildman–Crippen LogP) is 18.6. The molecule has 42 heteroatoms. The van der Waals surface area contributed by atoms with Crippen molar-refractivity contribution in [3.8, 4) is 86.3 Å². The fourth-order valence-corrected chi connectivity index (χ4v) is 18.0. The Labute approximate surface area is 798 Å². The number of nitrogens with zero attached hydrogens (tertiary/aromatic N) is 18. The molecule has 0 radical (unpaired) electrons. The van der Waals surface area contributed by atoms with Crippen LogP contribution in [0.4, 0.5) is 52.2 Å². The standard InChI is InChI=1S/C31H25Cl3F2N6O3.2C31H25Cl2F3N6O3/c1-5-19(43)40-8-10-41(11-9-40)28-16-12-18(32)26(20-23(35)21(33)22(34)29(44)24(20)36)39-30(16)42(31(45)17(28)13-37)27-15(4)6-7-38-25(27)14(2)3;2*1-5-19(43)40-8-10-41(11-9-40)28-16-12-18(32)26(20-21(33)29(44)24(36)23(35)22(20)34)39-30(16)42(31(45)17(28)13-37)27-15(4)6-7-38-25(27)14(2)3/h3*5-7,12,14,44H,1,8-11H2,2-4H3. The van der Waals surface area contributed by atoms with Crippen molar-refractivity contribution in [2.45, 2.75) is 80.1 Å². The molecule has 0 spiro atoms. The number of piperazine rings is 3. The lowest BCUT2D eigenvalue weighted by Gasteiger charge is -2.36. The number of anilines is 3. The maximum atomic E-state index is 15.5. The van der Waals surface area contributed by atoms with Gasteiger partial charge in [0.1, 0.15) is 56.9 Å². The maximum absolute atomic E-state index is 15.5. The third-order valence-electron chi connectivity index (χ3n) is 23.0. The number of phenolic OH excluding ortho intramolecular Hbond substituents is 3. The van der Waals surface area contributed by atoms with Crippen molar-refractivity contribution in [2.24, 2.45) is 0 Å². The Kier molecular flexibility index (Phi) is 29.1. The highest BCUT2D eigenvalue weighted by Crippen LogP contribution is 2.50. The lowest BCUT2D eigenvalue weighted by atomic mass is 10.0.